The van der Waals surface area contributed by atoms with Crippen LogP contribution in [0.3, 0.4) is 0 Å². The Balaban J connectivity index is 1.58. The van der Waals surface area contributed by atoms with Crippen LogP contribution in [0.4, 0.5) is 0 Å². The van der Waals surface area contributed by atoms with E-state index in [0.29, 0.717) is 33.9 Å². The second-order valence-corrected chi connectivity index (χ2v) is 8.46. The van der Waals surface area contributed by atoms with Gasteiger partial charge in [0, 0.05) is 15.6 Å². The molecule has 9 heteroatoms. The molecule has 0 aromatic heterocycles. The number of hydrazone groups is 1. The van der Waals surface area contributed by atoms with Gasteiger partial charge in [-0.05, 0) is 70.6 Å². The number of halogens is 3. The van der Waals surface area contributed by atoms with Gasteiger partial charge >= 0.3 is 0 Å². The van der Waals surface area contributed by atoms with Gasteiger partial charge < -0.3 is 14.2 Å². The molecule has 3 aromatic rings. The quantitative estimate of drug-likeness (QED) is 0.199. The summed E-state index contributed by atoms with van der Waals surface area (Å²) in [7, 11) is 1.56. The highest BCUT2D eigenvalue weighted by Crippen LogP contribution is 2.34. The lowest BCUT2D eigenvalue weighted by molar-refractivity contribution is -0.123. The number of methoxy groups -OCH3 is 1. The van der Waals surface area contributed by atoms with Crippen LogP contribution in [0.15, 0.2) is 65.8 Å². The van der Waals surface area contributed by atoms with Crippen molar-refractivity contribution < 1.29 is 19.0 Å². The van der Waals surface area contributed by atoms with E-state index in [9.17, 15) is 4.79 Å². The molecule has 3 rings (SSSR count). The molecule has 6 nitrogen and oxygen atoms in total. The molecule has 0 aliphatic rings. The average molecular weight is 585 g/mol. The van der Waals surface area contributed by atoms with E-state index in [1.165, 1.54) is 6.21 Å². The highest BCUT2D eigenvalue weighted by molar-refractivity contribution is 14.1. The first-order valence-corrected chi connectivity index (χ1v) is 11.2. The number of carbonyl (C=O) groups excluding carboxylic acids is 1. The standard InChI is InChI=1S/C23H19Cl2IN2O4/c1-30-21-11-15(10-20(26)23(21)32-13-16-4-2-3-5-19(16)25)12-27-28-22(29)14-31-18-8-6-17(24)7-9-18/h2-12H,13-14H2,1H3,(H,28,29)/b27-12-. The summed E-state index contributed by atoms with van der Waals surface area (Å²) in [5.74, 6) is 1.30. The van der Waals surface area contributed by atoms with Gasteiger partial charge in [0.25, 0.3) is 5.91 Å². The van der Waals surface area contributed by atoms with Crippen molar-refractivity contribution in [1.82, 2.24) is 5.43 Å². The second kappa shape index (κ2) is 11.9. The molecule has 0 atom stereocenters. The summed E-state index contributed by atoms with van der Waals surface area (Å²) in [6.45, 7) is 0.137. The van der Waals surface area contributed by atoms with Gasteiger partial charge in [-0.15, -0.1) is 0 Å². The van der Waals surface area contributed by atoms with Crippen molar-refractivity contribution in [1.29, 1.82) is 0 Å². The maximum atomic E-state index is 11.9. The molecule has 1 N–H and O–H groups in total. The van der Waals surface area contributed by atoms with Gasteiger partial charge in [-0.1, -0.05) is 41.4 Å². The number of hydrogen-bond acceptors (Lipinski definition) is 5. The predicted molar refractivity (Wildman–Crippen MR) is 134 cm³/mol. The first-order chi connectivity index (χ1) is 15.5. The molecule has 0 heterocycles. The Kier molecular flexibility index (Phi) is 9.01. The highest BCUT2D eigenvalue weighted by Gasteiger charge is 2.12. The maximum absolute atomic E-state index is 11.9. The number of hydrogen-bond donors (Lipinski definition) is 1. The van der Waals surface area contributed by atoms with Gasteiger partial charge in [-0.3, -0.25) is 4.79 Å². The van der Waals surface area contributed by atoms with E-state index < -0.39 is 5.91 Å². The largest absolute Gasteiger partial charge is 0.493 e. The SMILES string of the molecule is COc1cc(/C=N\NC(=O)COc2ccc(Cl)cc2)cc(I)c1OCc1ccccc1Cl. The molecule has 0 unspecified atom stereocenters. The van der Waals surface area contributed by atoms with E-state index in [2.05, 4.69) is 33.1 Å². The van der Waals surface area contributed by atoms with Crippen molar-refractivity contribution >= 4 is 57.9 Å². The van der Waals surface area contributed by atoms with E-state index in [0.717, 1.165) is 14.7 Å². The molecule has 0 aliphatic carbocycles. The van der Waals surface area contributed by atoms with Crippen LogP contribution in [-0.4, -0.2) is 25.8 Å². The third kappa shape index (κ3) is 7.01. The Bertz CT molecular complexity index is 1110. The summed E-state index contributed by atoms with van der Waals surface area (Å²) in [5.41, 5.74) is 4.04. The van der Waals surface area contributed by atoms with Gasteiger partial charge in [-0.25, -0.2) is 5.43 Å². The number of nitrogens with one attached hydrogen (secondary N) is 1. The van der Waals surface area contributed by atoms with Gasteiger partial charge in [0.2, 0.25) is 0 Å². The summed E-state index contributed by atoms with van der Waals surface area (Å²) < 4.78 is 17.6. The van der Waals surface area contributed by atoms with Gasteiger partial charge in [0.15, 0.2) is 18.1 Å². The molecule has 0 fully saturated rings. The fourth-order valence-electron chi connectivity index (χ4n) is 2.61. The second-order valence-electron chi connectivity index (χ2n) is 6.45. The van der Waals surface area contributed by atoms with Gasteiger partial charge in [-0.2, -0.15) is 5.10 Å². The molecule has 0 saturated heterocycles. The Morgan fingerprint density at radius 1 is 1.09 bits per heavy atom. The van der Waals surface area contributed by atoms with Crippen molar-refractivity contribution in [3.63, 3.8) is 0 Å². The Morgan fingerprint density at radius 3 is 2.56 bits per heavy atom. The lowest BCUT2D eigenvalue weighted by Gasteiger charge is -2.14. The summed E-state index contributed by atoms with van der Waals surface area (Å²) in [4.78, 5) is 11.9. The fraction of sp³-hybridized carbons (Fsp3) is 0.130. The number of benzene rings is 3. The predicted octanol–water partition coefficient (Wildman–Crippen LogP) is 5.71. The first kappa shape index (κ1) is 24.2. The molecule has 166 valence electrons. The van der Waals surface area contributed by atoms with Crippen LogP contribution in [0.1, 0.15) is 11.1 Å². The number of rotatable bonds is 9. The smallest absolute Gasteiger partial charge is 0.277 e. The van der Waals surface area contributed by atoms with Crippen molar-refractivity contribution in [3.05, 3.63) is 85.4 Å². The van der Waals surface area contributed by atoms with Crippen LogP contribution in [0.5, 0.6) is 17.2 Å². The zero-order valence-corrected chi connectivity index (χ0v) is 20.6. The van der Waals surface area contributed by atoms with Crippen LogP contribution >= 0.6 is 45.8 Å². The molecule has 0 radical (unpaired) electrons. The molecule has 0 spiro atoms. The normalized spacial score (nSPS) is 10.8. The first-order valence-electron chi connectivity index (χ1n) is 9.40. The number of ether oxygens (including phenoxy) is 3. The van der Waals surface area contributed by atoms with E-state index in [1.54, 1.807) is 37.4 Å². The minimum absolute atomic E-state index is 0.172. The van der Waals surface area contributed by atoms with E-state index in [4.69, 9.17) is 37.4 Å². The monoisotopic (exact) mass is 584 g/mol. The number of carbonyl (C=O) groups is 1. The molecule has 1 amide bonds. The molecule has 32 heavy (non-hydrogen) atoms. The van der Waals surface area contributed by atoms with Crippen molar-refractivity contribution in [2.45, 2.75) is 6.61 Å². The van der Waals surface area contributed by atoms with Gasteiger partial charge in [0.05, 0.1) is 16.9 Å². The van der Waals surface area contributed by atoms with E-state index >= 15 is 0 Å². The molecular weight excluding hydrogens is 566 g/mol. The molecular formula is C23H19Cl2IN2O4. The third-order valence-corrected chi connectivity index (χ3v) is 5.59. The molecule has 0 saturated carbocycles. The van der Waals surface area contributed by atoms with Crippen LogP contribution in [0.25, 0.3) is 0 Å². The zero-order chi connectivity index (χ0) is 22.9. The van der Waals surface area contributed by atoms with Crippen LogP contribution in [0.2, 0.25) is 10.0 Å². The number of nitrogens with zero attached hydrogens (tertiary/aromatic N) is 1. The van der Waals surface area contributed by atoms with Crippen LogP contribution in [0, 0.1) is 3.57 Å². The Morgan fingerprint density at radius 2 is 1.84 bits per heavy atom. The highest BCUT2D eigenvalue weighted by atomic mass is 127. The zero-order valence-electron chi connectivity index (χ0n) is 17.0. The third-order valence-electron chi connectivity index (χ3n) is 4.17. The lowest BCUT2D eigenvalue weighted by Crippen LogP contribution is -2.24. The van der Waals surface area contributed by atoms with Crippen molar-refractivity contribution in [3.8, 4) is 17.2 Å². The summed E-state index contributed by atoms with van der Waals surface area (Å²) in [6, 6.07) is 17.9. The van der Waals surface area contributed by atoms with Crippen LogP contribution < -0.4 is 19.6 Å². The summed E-state index contributed by atoms with van der Waals surface area (Å²) in [6.07, 6.45) is 1.52. The summed E-state index contributed by atoms with van der Waals surface area (Å²) in [5, 5.41) is 5.21. The van der Waals surface area contributed by atoms with Gasteiger partial charge in [0.1, 0.15) is 12.4 Å². The molecule has 0 aliphatic heterocycles. The lowest BCUT2D eigenvalue weighted by atomic mass is 10.2. The Hall–Kier alpha value is -2.49. The topological polar surface area (TPSA) is 69.2 Å². The van der Waals surface area contributed by atoms with Crippen LogP contribution in [-0.2, 0) is 11.4 Å². The minimum Gasteiger partial charge on any atom is -0.493 e. The van der Waals surface area contributed by atoms with E-state index in [1.807, 2.05) is 30.3 Å². The fourth-order valence-corrected chi connectivity index (χ4v) is 3.71. The molecule has 0 bridgehead atoms. The van der Waals surface area contributed by atoms with Crippen molar-refractivity contribution in [2.75, 3.05) is 13.7 Å². The minimum atomic E-state index is -0.391. The molecule has 3 aromatic carbocycles. The summed E-state index contributed by atoms with van der Waals surface area (Å²) >= 11 is 14.2. The van der Waals surface area contributed by atoms with Crippen molar-refractivity contribution in [2.24, 2.45) is 5.10 Å². The average Bonchev–Trinajstić information content (AvgIpc) is 2.78. The maximum Gasteiger partial charge on any atom is 0.277 e. The number of amides is 1. The van der Waals surface area contributed by atoms with E-state index in [-0.39, 0.29) is 6.61 Å². The Labute approximate surface area is 209 Å².